The molecule has 2 heterocycles. The van der Waals surface area contributed by atoms with Gasteiger partial charge in [0.2, 0.25) is 5.91 Å². The molecule has 0 aliphatic carbocycles. The Hall–Kier alpha value is -1.92. The molecule has 0 atom stereocenters. The molecule has 144 valence electrons. The molecule has 2 aromatic rings. The molecular formula is C21H28N4OS. The van der Waals surface area contributed by atoms with Crippen molar-refractivity contribution in [1.29, 1.82) is 0 Å². The highest BCUT2D eigenvalue weighted by Gasteiger charge is 2.10. The molecule has 1 aromatic heterocycles. The maximum absolute atomic E-state index is 12.1. The van der Waals surface area contributed by atoms with E-state index in [-0.39, 0.29) is 5.91 Å². The molecule has 0 unspecified atom stereocenters. The third kappa shape index (κ3) is 6.63. The summed E-state index contributed by atoms with van der Waals surface area (Å²) in [5, 5.41) is 3.63. The van der Waals surface area contributed by atoms with Crippen molar-refractivity contribution in [3.63, 3.8) is 0 Å². The van der Waals surface area contributed by atoms with Crippen LogP contribution in [-0.4, -0.2) is 39.6 Å². The molecule has 6 heteroatoms. The van der Waals surface area contributed by atoms with Crippen LogP contribution in [0.1, 0.15) is 41.8 Å². The van der Waals surface area contributed by atoms with Crippen LogP contribution in [0.4, 0.5) is 0 Å². The quantitative estimate of drug-likeness (QED) is 0.585. The van der Waals surface area contributed by atoms with E-state index in [1.807, 2.05) is 19.9 Å². The zero-order chi connectivity index (χ0) is 19.1. The van der Waals surface area contributed by atoms with E-state index < -0.39 is 0 Å². The van der Waals surface area contributed by atoms with Crippen LogP contribution in [0.3, 0.4) is 0 Å². The summed E-state index contributed by atoms with van der Waals surface area (Å²) < 4.78 is 0. The van der Waals surface area contributed by atoms with Crippen LogP contribution in [0.2, 0.25) is 0 Å². The average Bonchev–Trinajstić information content (AvgIpc) is 2.66. The van der Waals surface area contributed by atoms with Gasteiger partial charge in [-0.2, -0.15) is 0 Å². The van der Waals surface area contributed by atoms with Gasteiger partial charge in [-0.25, -0.2) is 9.97 Å². The van der Waals surface area contributed by atoms with Gasteiger partial charge in [-0.05, 0) is 57.0 Å². The number of rotatable bonds is 7. The molecule has 1 amide bonds. The highest BCUT2D eigenvalue weighted by Crippen LogP contribution is 2.15. The Balaban J connectivity index is 1.41. The molecule has 3 rings (SSSR count). The Morgan fingerprint density at radius 3 is 2.33 bits per heavy atom. The van der Waals surface area contributed by atoms with Gasteiger partial charge in [0.05, 0.1) is 5.75 Å². The van der Waals surface area contributed by atoms with Gasteiger partial charge in [0.1, 0.15) is 0 Å². The second-order valence-corrected chi connectivity index (χ2v) is 8.09. The molecule has 0 spiro atoms. The summed E-state index contributed by atoms with van der Waals surface area (Å²) in [5.74, 6) is 0.329. The van der Waals surface area contributed by atoms with Crippen LogP contribution in [0, 0.1) is 13.8 Å². The van der Waals surface area contributed by atoms with Gasteiger partial charge in [0, 0.05) is 24.5 Å². The minimum Gasteiger partial charge on any atom is -0.351 e. The molecule has 1 fully saturated rings. The lowest BCUT2D eigenvalue weighted by Gasteiger charge is -2.26. The first-order valence-electron chi connectivity index (χ1n) is 9.60. The lowest BCUT2D eigenvalue weighted by atomic mass is 10.1. The third-order valence-electron chi connectivity index (χ3n) is 4.66. The number of carbonyl (C=O) groups excluding carboxylic acids is 1. The van der Waals surface area contributed by atoms with E-state index >= 15 is 0 Å². The van der Waals surface area contributed by atoms with Crippen molar-refractivity contribution in [2.24, 2.45) is 0 Å². The normalized spacial score (nSPS) is 14.9. The van der Waals surface area contributed by atoms with Crippen molar-refractivity contribution >= 4 is 17.7 Å². The topological polar surface area (TPSA) is 58.1 Å². The summed E-state index contributed by atoms with van der Waals surface area (Å²) in [5.41, 5.74) is 4.32. The minimum atomic E-state index is 0.000141. The summed E-state index contributed by atoms with van der Waals surface area (Å²) >= 11 is 1.37. The number of thioether (sulfide) groups is 1. The summed E-state index contributed by atoms with van der Waals surface area (Å²) in [4.78, 5) is 23.3. The van der Waals surface area contributed by atoms with Crippen LogP contribution in [-0.2, 0) is 17.9 Å². The zero-order valence-electron chi connectivity index (χ0n) is 16.2. The zero-order valence-corrected chi connectivity index (χ0v) is 17.0. The minimum absolute atomic E-state index is 0.000141. The number of carbonyl (C=O) groups is 1. The van der Waals surface area contributed by atoms with Crippen molar-refractivity contribution in [2.75, 3.05) is 18.8 Å². The fourth-order valence-electron chi connectivity index (χ4n) is 3.28. The second kappa shape index (κ2) is 9.85. The molecule has 1 saturated heterocycles. The van der Waals surface area contributed by atoms with Crippen molar-refractivity contribution in [1.82, 2.24) is 20.2 Å². The van der Waals surface area contributed by atoms with Crippen LogP contribution in [0.25, 0.3) is 0 Å². The average molecular weight is 385 g/mol. The fourth-order valence-corrected chi connectivity index (χ4v) is 4.06. The second-order valence-electron chi connectivity index (χ2n) is 7.15. The summed E-state index contributed by atoms with van der Waals surface area (Å²) in [6, 6.07) is 10.5. The van der Waals surface area contributed by atoms with Gasteiger partial charge in [-0.1, -0.05) is 42.4 Å². The van der Waals surface area contributed by atoms with Gasteiger partial charge < -0.3 is 5.32 Å². The van der Waals surface area contributed by atoms with Gasteiger partial charge in [-0.15, -0.1) is 0 Å². The molecule has 0 bridgehead atoms. The number of nitrogens with one attached hydrogen (secondary N) is 1. The molecule has 0 saturated carbocycles. The van der Waals surface area contributed by atoms with Crippen molar-refractivity contribution in [2.45, 2.75) is 51.4 Å². The predicted molar refractivity (Wildman–Crippen MR) is 110 cm³/mol. The molecule has 5 nitrogen and oxygen atoms in total. The Kier molecular flexibility index (Phi) is 7.24. The lowest BCUT2D eigenvalue weighted by molar-refractivity contribution is -0.118. The van der Waals surface area contributed by atoms with Gasteiger partial charge in [0.15, 0.2) is 5.16 Å². The van der Waals surface area contributed by atoms with Crippen LogP contribution in [0.15, 0.2) is 35.5 Å². The summed E-state index contributed by atoms with van der Waals surface area (Å²) in [7, 11) is 0. The first-order chi connectivity index (χ1) is 13.1. The van der Waals surface area contributed by atoms with Crippen molar-refractivity contribution in [3.8, 4) is 0 Å². The first-order valence-corrected chi connectivity index (χ1v) is 10.6. The van der Waals surface area contributed by atoms with E-state index in [1.165, 1.54) is 49.7 Å². The number of hydrogen-bond donors (Lipinski definition) is 1. The third-order valence-corrected chi connectivity index (χ3v) is 5.51. The van der Waals surface area contributed by atoms with E-state index in [2.05, 4.69) is 44.5 Å². The standard InChI is InChI=1S/C21H28N4OS/c1-16-12-17(2)24-21(23-16)27-15-20(26)22-13-18-6-8-19(9-7-18)14-25-10-4-3-5-11-25/h6-9,12H,3-5,10-11,13-15H2,1-2H3,(H,22,26). The maximum Gasteiger partial charge on any atom is 0.230 e. The lowest BCUT2D eigenvalue weighted by Crippen LogP contribution is -2.29. The molecule has 27 heavy (non-hydrogen) atoms. The maximum atomic E-state index is 12.1. The number of hydrogen-bond acceptors (Lipinski definition) is 5. The molecular weight excluding hydrogens is 356 g/mol. The first kappa shape index (κ1) is 19.8. The number of likely N-dealkylation sites (tertiary alicyclic amines) is 1. The number of aryl methyl sites for hydroxylation is 2. The number of piperidine rings is 1. The van der Waals surface area contributed by atoms with Crippen molar-refractivity contribution in [3.05, 3.63) is 52.8 Å². The monoisotopic (exact) mass is 384 g/mol. The Morgan fingerprint density at radius 1 is 1.04 bits per heavy atom. The number of aromatic nitrogens is 2. The highest BCUT2D eigenvalue weighted by atomic mass is 32.2. The Morgan fingerprint density at radius 2 is 1.67 bits per heavy atom. The van der Waals surface area contributed by atoms with E-state index in [1.54, 1.807) is 0 Å². The number of nitrogens with zero attached hydrogens (tertiary/aromatic N) is 3. The van der Waals surface area contributed by atoms with Crippen molar-refractivity contribution < 1.29 is 4.79 Å². The van der Waals surface area contributed by atoms with E-state index in [0.717, 1.165) is 23.5 Å². The van der Waals surface area contributed by atoms with Gasteiger partial charge >= 0.3 is 0 Å². The van der Waals surface area contributed by atoms with E-state index in [9.17, 15) is 4.79 Å². The van der Waals surface area contributed by atoms with Gasteiger partial charge in [0.25, 0.3) is 0 Å². The number of amides is 1. The summed E-state index contributed by atoms with van der Waals surface area (Å²) in [6.45, 7) is 7.87. The largest absolute Gasteiger partial charge is 0.351 e. The highest BCUT2D eigenvalue weighted by molar-refractivity contribution is 7.99. The van der Waals surface area contributed by atoms with Crippen LogP contribution >= 0.6 is 11.8 Å². The molecule has 1 aliphatic heterocycles. The van der Waals surface area contributed by atoms with E-state index in [0.29, 0.717) is 17.5 Å². The molecule has 1 N–H and O–H groups in total. The smallest absolute Gasteiger partial charge is 0.230 e. The predicted octanol–water partition coefficient (Wildman–Crippen LogP) is 3.49. The van der Waals surface area contributed by atoms with Crippen LogP contribution in [0.5, 0.6) is 0 Å². The molecule has 0 radical (unpaired) electrons. The van der Waals surface area contributed by atoms with Crippen LogP contribution < -0.4 is 5.32 Å². The SMILES string of the molecule is Cc1cc(C)nc(SCC(=O)NCc2ccc(CN3CCCCC3)cc2)n1. The Labute approximate surface area is 166 Å². The summed E-state index contributed by atoms with van der Waals surface area (Å²) in [6.07, 6.45) is 3.99. The number of benzene rings is 1. The fraction of sp³-hybridized carbons (Fsp3) is 0.476. The molecule has 1 aromatic carbocycles. The Bertz CT molecular complexity index is 737. The molecule has 1 aliphatic rings. The van der Waals surface area contributed by atoms with E-state index in [4.69, 9.17) is 0 Å². The van der Waals surface area contributed by atoms with Gasteiger partial charge in [-0.3, -0.25) is 9.69 Å².